The van der Waals surface area contributed by atoms with Crippen LogP contribution in [0.25, 0.3) is 0 Å². The number of nitrogens with two attached hydrogens (primary N) is 1. The first-order valence-corrected chi connectivity index (χ1v) is 10.0. The van der Waals surface area contributed by atoms with Crippen LogP contribution in [-0.2, 0) is 19.6 Å². The molecule has 1 amide bonds. The van der Waals surface area contributed by atoms with Gasteiger partial charge in [0, 0.05) is 23.8 Å². The quantitative estimate of drug-likeness (QED) is 0.657. The molecule has 8 nitrogen and oxygen atoms in total. The van der Waals surface area contributed by atoms with E-state index in [0.717, 1.165) is 6.42 Å². The number of aromatic nitrogens is 1. The summed E-state index contributed by atoms with van der Waals surface area (Å²) in [5.74, 6) is -0.307. The van der Waals surface area contributed by atoms with Gasteiger partial charge in [0.2, 0.25) is 0 Å². The largest absolute Gasteiger partial charge is 0.364 e. The van der Waals surface area contributed by atoms with Crippen molar-refractivity contribution >= 4 is 50.5 Å². The number of nitrogens with zero attached hydrogens (tertiary/aromatic N) is 1. The lowest BCUT2D eigenvalue weighted by Crippen LogP contribution is -2.29. The molecule has 4 N–H and O–H groups in total. The van der Waals surface area contributed by atoms with Gasteiger partial charge in [-0.2, -0.15) is 0 Å². The Kier molecular flexibility index (Phi) is 6.95. The summed E-state index contributed by atoms with van der Waals surface area (Å²) in [5, 5.41) is 4.64. The lowest BCUT2D eigenvalue weighted by atomic mass is 10.2. The van der Waals surface area contributed by atoms with Crippen molar-refractivity contribution in [1.29, 1.82) is 0 Å². The van der Waals surface area contributed by atoms with Gasteiger partial charge in [-0.3, -0.25) is 9.52 Å². The Morgan fingerprint density at radius 2 is 2.19 bits per heavy atom. The predicted octanol–water partition coefficient (Wildman–Crippen LogP) is 1.81. The van der Waals surface area contributed by atoms with Crippen molar-refractivity contribution < 1.29 is 17.9 Å². The third kappa shape index (κ3) is 4.92. The zero-order valence-corrected chi connectivity index (χ0v) is 16.1. The van der Waals surface area contributed by atoms with Crippen LogP contribution in [0.1, 0.15) is 12.8 Å². The first-order chi connectivity index (χ1) is 12.0. The summed E-state index contributed by atoms with van der Waals surface area (Å²) in [6.45, 7) is 0.375. The Bertz CT molecular complexity index is 845. The third-order valence-corrected chi connectivity index (χ3v) is 5.88. The van der Waals surface area contributed by atoms with E-state index in [2.05, 4.69) is 15.0 Å². The highest BCUT2D eigenvalue weighted by atomic mass is 35.5. The van der Waals surface area contributed by atoms with Gasteiger partial charge in [0.25, 0.3) is 15.9 Å². The Labute approximate surface area is 161 Å². The molecule has 1 aliphatic heterocycles. The fraction of sp³-hybridized carbons (Fsp3) is 0.333. The summed E-state index contributed by atoms with van der Waals surface area (Å²) >= 11 is 1.18. The number of hydrogen-bond donors (Lipinski definition) is 3. The molecule has 1 aromatic carbocycles. The molecule has 0 aliphatic carbocycles. The number of carbonyl (C=O) groups is 1. The van der Waals surface area contributed by atoms with E-state index in [1.165, 1.54) is 29.7 Å². The molecular formula is C15H19ClN4O4S2. The number of ether oxygens (including phenoxy) is 1. The van der Waals surface area contributed by atoms with Gasteiger partial charge >= 0.3 is 0 Å². The van der Waals surface area contributed by atoms with Gasteiger partial charge in [-0.1, -0.05) is 6.07 Å². The van der Waals surface area contributed by atoms with Crippen LogP contribution in [0.15, 0.2) is 40.7 Å². The van der Waals surface area contributed by atoms with Gasteiger partial charge in [0.05, 0.1) is 11.0 Å². The zero-order valence-electron chi connectivity index (χ0n) is 13.6. The van der Waals surface area contributed by atoms with E-state index in [1.807, 2.05) is 0 Å². The highest BCUT2D eigenvalue weighted by Gasteiger charge is 2.30. The number of benzene rings is 1. The van der Waals surface area contributed by atoms with E-state index in [1.54, 1.807) is 17.5 Å². The number of rotatable bonds is 6. The van der Waals surface area contributed by atoms with Crippen LogP contribution in [0, 0.1) is 0 Å². The minimum atomic E-state index is -3.77. The molecule has 2 atom stereocenters. The summed E-state index contributed by atoms with van der Waals surface area (Å²) in [4.78, 5) is 16.2. The predicted molar refractivity (Wildman–Crippen MR) is 102 cm³/mol. The van der Waals surface area contributed by atoms with Crippen LogP contribution in [0.2, 0.25) is 0 Å². The van der Waals surface area contributed by atoms with Crippen molar-refractivity contribution in [2.75, 3.05) is 16.6 Å². The highest BCUT2D eigenvalue weighted by Crippen LogP contribution is 2.23. The van der Waals surface area contributed by atoms with Gasteiger partial charge in [-0.25, -0.2) is 13.4 Å². The molecule has 26 heavy (non-hydrogen) atoms. The fourth-order valence-electron chi connectivity index (χ4n) is 2.48. The standard InChI is InChI=1S/C15H18N4O4S2.ClH/c16-9-11-4-5-13(23-11)14(20)18-10-2-1-3-12(8-10)25(21,22)19-15-17-6-7-24-15;/h1-3,6-8,11,13H,4-5,9,16H2,(H,17,19)(H,18,20);1H/t11-,13+;/m1./s1. The van der Waals surface area contributed by atoms with E-state index in [4.69, 9.17) is 10.5 Å². The number of anilines is 2. The molecule has 142 valence electrons. The Morgan fingerprint density at radius 3 is 2.85 bits per heavy atom. The van der Waals surface area contributed by atoms with Gasteiger partial charge in [0.15, 0.2) is 5.13 Å². The maximum Gasteiger partial charge on any atom is 0.263 e. The monoisotopic (exact) mass is 418 g/mol. The molecule has 2 aromatic rings. The fourth-order valence-corrected chi connectivity index (χ4v) is 4.32. The average Bonchev–Trinajstić information content (AvgIpc) is 3.26. The molecule has 1 aromatic heterocycles. The summed E-state index contributed by atoms with van der Waals surface area (Å²) in [5.41, 5.74) is 5.92. The summed E-state index contributed by atoms with van der Waals surface area (Å²) in [6.07, 6.45) is 2.17. The lowest BCUT2D eigenvalue weighted by Gasteiger charge is -2.13. The average molecular weight is 419 g/mol. The second kappa shape index (κ2) is 8.78. The van der Waals surface area contributed by atoms with Gasteiger partial charge in [-0.05, 0) is 31.0 Å². The number of sulfonamides is 1. The van der Waals surface area contributed by atoms with E-state index in [9.17, 15) is 13.2 Å². The van der Waals surface area contributed by atoms with Crippen molar-refractivity contribution in [1.82, 2.24) is 4.98 Å². The zero-order chi connectivity index (χ0) is 17.9. The number of nitrogens with one attached hydrogen (secondary N) is 2. The molecular weight excluding hydrogens is 400 g/mol. The van der Waals surface area contributed by atoms with Crippen LogP contribution in [0.3, 0.4) is 0 Å². The molecule has 0 radical (unpaired) electrons. The summed E-state index contributed by atoms with van der Waals surface area (Å²) in [7, 11) is -3.77. The van der Waals surface area contributed by atoms with Crippen LogP contribution in [-0.4, -0.2) is 38.1 Å². The maximum atomic E-state index is 12.4. The first kappa shape index (κ1) is 20.6. The molecule has 11 heteroatoms. The minimum Gasteiger partial charge on any atom is -0.364 e. The molecule has 1 aliphatic rings. The number of carbonyl (C=O) groups excluding carboxylic acids is 1. The van der Waals surface area contributed by atoms with E-state index in [-0.39, 0.29) is 34.4 Å². The molecule has 0 unspecified atom stereocenters. The molecule has 0 saturated carbocycles. The number of thiazole rings is 1. The van der Waals surface area contributed by atoms with Crippen LogP contribution >= 0.6 is 23.7 Å². The molecule has 1 saturated heterocycles. The van der Waals surface area contributed by atoms with Crippen LogP contribution < -0.4 is 15.8 Å². The smallest absolute Gasteiger partial charge is 0.263 e. The second-order valence-corrected chi connectivity index (χ2v) is 8.10. The van der Waals surface area contributed by atoms with Crippen molar-refractivity contribution in [3.8, 4) is 0 Å². The van der Waals surface area contributed by atoms with Crippen molar-refractivity contribution in [2.24, 2.45) is 5.73 Å². The molecule has 0 bridgehead atoms. The number of amides is 1. The van der Waals surface area contributed by atoms with E-state index < -0.39 is 16.1 Å². The maximum absolute atomic E-state index is 12.4. The van der Waals surface area contributed by atoms with E-state index >= 15 is 0 Å². The normalized spacial score (nSPS) is 19.6. The molecule has 0 spiro atoms. The van der Waals surface area contributed by atoms with Crippen LogP contribution in [0.4, 0.5) is 10.8 Å². The minimum absolute atomic E-state index is 0. The SMILES string of the molecule is Cl.NC[C@H]1CC[C@@H](C(=O)Nc2cccc(S(=O)(=O)Nc3nccs3)c2)O1. The number of hydrogen-bond acceptors (Lipinski definition) is 7. The Balaban J connectivity index is 0.00000243. The third-order valence-electron chi connectivity index (χ3n) is 3.73. The number of halogens is 1. The molecule has 3 rings (SSSR count). The lowest BCUT2D eigenvalue weighted by molar-refractivity contribution is -0.126. The van der Waals surface area contributed by atoms with Gasteiger partial charge in [-0.15, -0.1) is 23.7 Å². The summed E-state index contributed by atoms with van der Waals surface area (Å²) < 4.78 is 32.7. The van der Waals surface area contributed by atoms with Crippen molar-refractivity contribution in [2.45, 2.75) is 29.9 Å². The topological polar surface area (TPSA) is 123 Å². The van der Waals surface area contributed by atoms with Crippen molar-refractivity contribution in [3.63, 3.8) is 0 Å². The van der Waals surface area contributed by atoms with E-state index in [0.29, 0.717) is 18.7 Å². The van der Waals surface area contributed by atoms with Gasteiger partial charge in [0.1, 0.15) is 6.10 Å². The Morgan fingerprint density at radius 1 is 1.38 bits per heavy atom. The molecule has 2 heterocycles. The highest BCUT2D eigenvalue weighted by molar-refractivity contribution is 7.93. The Hall–Kier alpha value is -1.72. The second-order valence-electron chi connectivity index (χ2n) is 5.52. The van der Waals surface area contributed by atoms with Crippen LogP contribution in [0.5, 0.6) is 0 Å². The summed E-state index contributed by atoms with van der Waals surface area (Å²) in [6, 6.07) is 6.02. The van der Waals surface area contributed by atoms with Gasteiger partial charge < -0.3 is 15.8 Å². The first-order valence-electron chi connectivity index (χ1n) is 7.67. The molecule has 1 fully saturated rings. The van der Waals surface area contributed by atoms with Crippen molar-refractivity contribution in [3.05, 3.63) is 35.8 Å².